The Kier molecular flexibility index (Phi) is 4.68. The summed E-state index contributed by atoms with van der Waals surface area (Å²) in [4.78, 5) is 33.4. The van der Waals surface area contributed by atoms with Crippen molar-refractivity contribution in [1.29, 1.82) is 0 Å². The minimum atomic E-state index is -0.701. The standard InChI is InChI=1S/C15H9Cl2N5O5/c1-8-18-20(13-7-14(22(26)27)12(17)6-11(13)16)15(23)19(8)9-2-4-10(5-3-9)21(24)25/h2-7H,1H3. The van der Waals surface area contributed by atoms with E-state index in [0.29, 0.717) is 5.69 Å². The predicted octanol–water partition coefficient (Wildman–Crippen LogP) is 3.45. The van der Waals surface area contributed by atoms with Crippen LogP contribution in [0.2, 0.25) is 10.0 Å². The summed E-state index contributed by atoms with van der Waals surface area (Å²) in [5.74, 6) is 0.252. The number of benzene rings is 2. The molecule has 0 saturated heterocycles. The highest BCUT2D eigenvalue weighted by Crippen LogP contribution is 2.32. The first-order chi connectivity index (χ1) is 12.7. The molecule has 12 heteroatoms. The predicted molar refractivity (Wildman–Crippen MR) is 97.2 cm³/mol. The van der Waals surface area contributed by atoms with Gasteiger partial charge >= 0.3 is 5.69 Å². The minimum Gasteiger partial charge on any atom is -0.258 e. The maximum absolute atomic E-state index is 12.8. The fraction of sp³-hybridized carbons (Fsp3) is 0.0667. The molecule has 0 amide bonds. The van der Waals surface area contributed by atoms with E-state index in [9.17, 15) is 25.0 Å². The van der Waals surface area contributed by atoms with Crippen LogP contribution < -0.4 is 5.69 Å². The summed E-state index contributed by atoms with van der Waals surface area (Å²) in [5, 5.41) is 25.8. The molecule has 3 aromatic rings. The molecule has 0 unspecified atom stereocenters. The van der Waals surface area contributed by atoms with Crippen molar-refractivity contribution < 1.29 is 9.85 Å². The zero-order chi connectivity index (χ0) is 19.9. The highest BCUT2D eigenvalue weighted by molar-refractivity contribution is 6.37. The molecule has 3 rings (SSSR count). The quantitative estimate of drug-likeness (QED) is 0.479. The lowest BCUT2D eigenvalue weighted by Gasteiger charge is -2.04. The number of hydrogen-bond donors (Lipinski definition) is 0. The lowest BCUT2D eigenvalue weighted by molar-refractivity contribution is -0.385. The summed E-state index contributed by atoms with van der Waals surface area (Å²) < 4.78 is 2.10. The van der Waals surface area contributed by atoms with E-state index < -0.39 is 21.2 Å². The molecule has 0 aliphatic heterocycles. The second-order valence-corrected chi connectivity index (χ2v) is 6.18. The molecule has 0 saturated carbocycles. The van der Waals surface area contributed by atoms with Gasteiger partial charge < -0.3 is 0 Å². The molecular formula is C15H9Cl2N5O5. The van der Waals surface area contributed by atoms with Crippen molar-refractivity contribution in [3.63, 3.8) is 0 Å². The molecular weight excluding hydrogens is 401 g/mol. The number of nitro benzene ring substituents is 2. The zero-order valence-corrected chi connectivity index (χ0v) is 15.0. The summed E-state index contributed by atoms with van der Waals surface area (Å²) in [5.41, 5.74) is -0.881. The smallest absolute Gasteiger partial charge is 0.258 e. The molecule has 0 atom stereocenters. The number of nitrogens with zero attached hydrogens (tertiary/aromatic N) is 5. The molecule has 10 nitrogen and oxygen atoms in total. The van der Waals surface area contributed by atoms with Crippen molar-refractivity contribution in [2.45, 2.75) is 6.92 Å². The van der Waals surface area contributed by atoms with Crippen LogP contribution >= 0.6 is 23.2 Å². The first kappa shape index (κ1) is 18.5. The Labute approximate surface area is 160 Å². The monoisotopic (exact) mass is 409 g/mol. The second kappa shape index (κ2) is 6.82. The van der Waals surface area contributed by atoms with Crippen LogP contribution in [0.3, 0.4) is 0 Å². The van der Waals surface area contributed by atoms with Crippen LogP contribution in [0.25, 0.3) is 11.4 Å². The highest BCUT2D eigenvalue weighted by atomic mass is 35.5. The van der Waals surface area contributed by atoms with Gasteiger partial charge in [0.05, 0.1) is 26.2 Å². The second-order valence-electron chi connectivity index (χ2n) is 5.36. The van der Waals surface area contributed by atoms with E-state index in [1.54, 1.807) is 0 Å². The Morgan fingerprint density at radius 3 is 2.19 bits per heavy atom. The zero-order valence-electron chi connectivity index (χ0n) is 13.5. The summed E-state index contributed by atoms with van der Waals surface area (Å²) in [6.07, 6.45) is 0. The number of nitro groups is 2. The van der Waals surface area contributed by atoms with E-state index in [-0.39, 0.29) is 27.2 Å². The van der Waals surface area contributed by atoms with Crippen LogP contribution in [0.15, 0.2) is 41.2 Å². The van der Waals surface area contributed by atoms with Gasteiger partial charge in [-0.05, 0) is 25.1 Å². The van der Waals surface area contributed by atoms with Crippen LogP contribution in [0, 0.1) is 27.2 Å². The number of hydrogen-bond acceptors (Lipinski definition) is 6. The Balaban J connectivity index is 2.17. The Morgan fingerprint density at radius 1 is 1.00 bits per heavy atom. The summed E-state index contributed by atoms with van der Waals surface area (Å²) in [7, 11) is 0. The maximum Gasteiger partial charge on any atom is 0.355 e. The van der Waals surface area contributed by atoms with Crippen molar-refractivity contribution in [2.24, 2.45) is 0 Å². The van der Waals surface area contributed by atoms with Gasteiger partial charge in [-0.3, -0.25) is 20.2 Å². The summed E-state index contributed by atoms with van der Waals surface area (Å²) in [6.45, 7) is 1.54. The molecule has 0 bridgehead atoms. The van der Waals surface area contributed by atoms with Gasteiger partial charge in [-0.25, -0.2) is 9.36 Å². The van der Waals surface area contributed by atoms with Gasteiger partial charge in [0.2, 0.25) is 0 Å². The molecule has 0 radical (unpaired) electrons. The number of rotatable bonds is 4. The van der Waals surface area contributed by atoms with Crippen LogP contribution in [0.5, 0.6) is 0 Å². The normalized spacial score (nSPS) is 10.8. The average molecular weight is 410 g/mol. The average Bonchev–Trinajstić information content (AvgIpc) is 2.89. The van der Waals surface area contributed by atoms with Crippen molar-refractivity contribution in [3.05, 3.63) is 83.0 Å². The van der Waals surface area contributed by atoms with E-state index in [1.807, 2.05) is 0 Å². The topological polar surface area (TPSA) is 126 Å². The van der Waals surface area contributed by atoms with Gasteiger partial charge in [-0.1, -0.05) is 23.2 Å². The third-order valence-electron chi connectivity index (χ3n) is 3.70. The summed E-state index contributed by atoms with van der Waals surface area (Å²) >= 11 is 11.9. The Bertz CT molecular complexity index is 1140. The third kappa shape index (κ3) is 3.27. The molecule has 2 aromatic carbocycles. The minimum absolute atomic E-state index is 0.000972. The largest absolute Gasteiger partial charge is 0.355 e. The Morgan fingerprint density at radius 2 is 1.63 bits per heavy atom. The van der Waals surface area contributed by atoms with E-state index >= 15 is 0 Å². The van der Waals surface area contributed by atoms with Gasteiger partial charge in [0, 0.05) is 18.2 Å². The number of non-ortho nitro benzene ring substituents is 1. The third-order valence-corrected chi connectivity index (χ3v) is 4.31. The van der Waals surface area contributed by atoms with E-state index in [0.717, 1.165) is 16.8 Å². The van der Waals surface area contributed by atoms with Crippen molar-refractivity contribution >= 4 is 34.6 Å². The van der Waals surface area contributed by atoms with Crippen molar-refractivity contribution in [3.8, 4) is 11.4 Å². The SMILES string of the molecule is Cc1nn(-c2cc([N+](=O)[O-])c(Cl)cc2Cl)c(=O)n1-c1ccc([N+](=O)[O-])cc1. The Hall–Kier alpha value is -3.24. The lowest BCUT2D eigenvalue weighted by Crippen LogP contribution is -2.23. The van der Waals surface area contributed by atoms with Crippen LogP contribution in [-0.2, 0) is 0 Å². The van der Waals surface area contributed by atoms with Gasteiger partial charge in [0.1, 0.15) is 10.8 Å². The molecule has 0 aliphatic carbocycles. The first-order valence-corrected chi connectivity index (χ1v) is 8.03. The molecule has 0 N–H and O–H groups in total. The van der Waals surface area contributed by atoms with Gasteiger partial charge in [-0.2, -0.15) is 4.68 Å². The van der Waals surface area contributed by atoms with Gasteiger partial charge in [-0.15, -0.1) is 5.10 Å². The van der Waals surface area contributed by atoms with Crippen LogP contribution in [-0.4, -0.2) is 24.2 Å². The van der Waals surface area contributed by atoms with Crippen molar-refractivity contribution in [2.75, 3.05) is 0 Å². The fourth-order valence-corrected chi connectivity index (χ4v) is 3.00. The molecule has 0 spiro atoms. The number of aromatic nitrogens is 3. The molecule has 27 heavy (non-hydrogen) atoms. The van der Waals surface area contributed by atoms with Crippen molar-refractivity contribution in [1.82, 2.24) is 14.3 Å². The number of aryl methyl sites for hydroxylation is 1. The molecule has 1 aromatic heterocycles. The molecule has 0 fully saturated rings. The highest BCUT2D eigenvalue weighted by Gasteiger charge is 2.21. The lowest BCUT2D eigenvalue weighted by atomic mass is 10.2. The van der Waals surface area contributed by atoms with Crippen LogP contribution in [0.4, 0.5) is 11.4 Å². The van der Waals surface area contributed by atoms with Crippen LogP contribution in [0.1, 0.15) is 5.82 Å². The summed E-state index contributed by atoms with van der Waals surface area (Å²) in [6, 6.07) is 7.49. The van der Waals surface area contributed by atoms with E-state index in [1.165, 1.54) is 35.8 Å². The number of halogens is 2. The molecule has 1 heterocycles. The van der Waals surface area contributed by atoms with Gasteiger partial charge in [0.15, 0.2) is 0 Å². The maximum atomic E-state index is 12.8. The van der Waals surface area contributed by atoms with E-state index in [4.69, 9.17) is 23.2 Å². The first-order valence-electron chi connectivity index (χ1n) is 7.28. The molecule has 0 aliphatic rings. The fourth-order valence-electron chi connectivity index (χ4n) is 2.47. The van der Waals surface area contributed by atoms with E-state index in [2.05, 4.69) is 5.10 Å². The van der Waals surface area contributed by atoms with Gasteiger partial charge in [0.25, 0.3) is 11.4 Å². The molecule has 138 valence electrons.